The molecule has 2 aliphatic carbocycles. The first-order valence-corrected chi connectivity index (χ1v) is 8.03. The molecule has 1 saturated carbocycles. The average molecular weight is 283 g/mol. The molecule has 2 atom stereocenters. The van der Waals surface area contributed by atoms with E-state index >= 15 is 0 Å². The van der Waals surface area contributed by atoms with Gasteiger partial charge in [0, 0.05) is 13.1 Å². The Morgan fingerprint density at radius 2 is 1.76 bits per heavy atom. The molecule has 0 amide bonds. The molecule has 112 valence electrons. The maximum Gasteiger partial charge on any atom is 0.113 e. The number of fused-ring (bicyclic) bond motifs is 3. The maximum absolute atomic E-state index is 9.97. The number of nitrogens with one attached hydrogen (secondary N) is 1. The van der Waals surface area contributed by atoms with Gasteiger partial charge in [0.15, 0.2) is 0 Å². The van der Waals surface area contributed by atoms with Crippen molar-refractivity contribution in [2.75, 3.05) is 27.2 Å². The molecule has 0 aromatic heterocycles. The van der Waals surface area contributed by atoms with Crippen LogP contribution in [0.15, 0.2) is 24.3 Å². The van der Waals surface area contributed by atoms with Crippen LogP contribution in [0.5, 0.6) is 0 Å². The molecule has 1 aromatic rings. The number of benzene rings is 1. The van der Waals surface area contributed by atoms with Gasteiger partial charge in [0.05, 0.1) is 6.07 Å². The van der Waals surface area contributed by atoms with Crippen LogP contribution >= 0.6 is 0 Å². The van der Waals surface area contributed by atoms with Crippen LogP contribution in [0.1, 0.15) is 24.0 Å². The van der Waals surface area contributed by atoms with Crippen molar-refractivity contribution in [3.8, 4) is 6.07 Å². The summed E-state index contributed by atoms with van der Waals surface area (Å²) in [6.45, 7) is 1.87. The van der Waals surface area contributed by atoms with Crippen LogP contribution in [-0.4, -0.2) is 37.6 Å². The highest BCUT2D eigenvalue weighted by Crippen LogP contribution is 2.46. The Balaban J connectivity index is 1.85. The third-order valence-electron chi connectivity index (χ3n) is 5.36. The lowest BCUT2D eigenvalue weighted by molar-refractivity contribution is 0.245. The Hall–Kier alpha value is -1.37. The second-order valence-corrected chi connectivity index (χ2v) is 6.86. The summed E-state index contributed by atoms with van der Waals surface area (Å²) in [4.78, 5) is 2.17. The molecule has 0 radical (unpaired) electrons. The molecule has 2 unspecified atom stereocenters. The van der Waals surface area contributed by atoms with Gasteiger partial charge in [0.2, 0.25) is 0 Å². The van der Waals surface area contributed by atoms with Crippen molar-refractivity contribution in [1.82, 2.24) is 10.2 Å². The predicted octanol–water partition coefficient (Wildman–Crippen LogP) is 2.22. The molecule has 3 heteroatoms. The number of nitrogens with zero attached hydrogens (tertiary/aromatic N) is 2. The summed E-state index contributed by atoms with van der Waals surface area (Å²) < 4.78 is 0. The van der Waals surface area contributed by atoms with Crippen molar-refractivity contribution in [2.24, 2.45) is 11.8 Å². The quantitative estimate of drug-likeness (QED) is 0.921. The van der Waals surface area contributed by atoms with E-state index in [4.69, 9.17) is 0 Å². The van der Waals surface area contributed by atoms with E-state index in [0.717, 1.165) is 25.9 Å². The molecule has 2 aliphatic rings. The Bertz CT molecular complexity index is 511. The number of hydrogen-bond acceptors (Lipinski definition) is 3. The van der Waals surface area contributed by atoms with E-state index in [2.05, 4.69) is 54.6 Å². The molecule has 0 saturated heterocycles. The number of hydrogen-bond donors (Lipinski definition) is 1. The Kier molecular flexibility index (Phi) is 4.01. The summed E-state index contributed by atoms with van der Waals surface area (Å²) in [7, 11) is 4.16. The summed E-state index contributed by atoms with van der Waals surface area (Å²) in [6.07, 6.45) is 4.47. The molecule has 3 nitrogen and oxygen atoms in total. The van der Waals surface area contributed by atoms with Crippen LogP contribution in [0, 0.1) is 23.2 Å². The fourth-order valence-electron chi connectivity index (χ4n) is 4.20. The third kappa shape index (κ3) is 2.59. The van der Waals surface area contributed by atoms with Crippen LogP contribution < -0.4 is 5.32 Å². The molecule has 0 heterocycles. The van der Waals surface area contributed by atoms with Crippen molar-refractivity contribution in [1.29, 1.82) is 5.26 Å². The van der Waals surface area contributed by atoms with Crippen molar-refractivity contribution in [2.45, 2.75) is 31.2 Å². The lowest BCUT2D eigenvalue weighted by Gasteiger charge is -2.34. The first kappa shape index (κ1) is 14.6. The minimum Gasteiger partial charge on any atom is -0.308 e. The molecular formula is C18H25N3. The zero-order chi connectivity index (χ0) is 14.9. The van der Waals surface area contributed by atoms with Gasteiger partial charge in [-0.3, -0.25) is 5.32 Å². The molecule has 1 aromatic carbocycles. The van der Waals surface area contributed by atoms with Crippen LogP contribution in [0.4, 0.5) is 0 Å². The van der Waals surface area contributed by atoms with Crippen LogP contribution in [0.3, 0.4) is 0 Å². The molecule has 0 aliphatic heterocycles. The zero-order valence-corrected chi connectivity index (χ0v) is 13.1. The summed E-state index contributed by atoms with van der Waals surface area (Å²) in [6, 6.07) is 11.5. The Morgan fingerprint density at radius 1 is 1.19 bits per heavy atom. The summed E-state index contributed by atoms with van der Waals surface area (Å²) in [5, 5.41) is 13.6. The van der Waals surface area contributed by atoms with Gasteiger partial charge >= 0.3 is 0 Å². The fraction of sp³-hybridized carbons (Fsp3) is 0.611. The second kappa shape index (κ2) is 5.79. The molecular weight excluding hydrogens is 258 g/mol. The molecule has 21 heavy (non-hydrogen) atoms. The highest BCUT2D eigenvalue weighted by molar-refractivity contribution is 5.34. The Labute approximate surface area is 128 Å². The van der Waals surface area contributed by atoms with Gasteiger partial charge in [-0.05, 0) is 62.7 Å². The van der Waals surface area contributed by atoms with Gasteiger partial charge in [-0.1, -0.05) is 24.3 Å². The minimum atomic E-state index is -0.324. The van der Waals surface area contributed by atoms with Gasteiger partial charge in [0.1, 0.15) is 5.54 Å². The lowest BCUT2D eigenvalue weighted by Crippen LogP contribution is -2.53. The van der Waals surface area contributed by atoms with E-state index in [1.807, 2.05) is 0 Å². The van der Waals surface area contributed by atoms with Crippen molar-refractivity contribution < 1.29 is 0 Å². The third-order valence-corrected chi connectivity index (χ3v) is 5.36. The van der Waals surface area contributed by atoms with Gasteiger partial charge in [0.25, 0.3) is 0 Å². The Morgan fingerprint density at radius 3 is 2.24 bits per heavy atom. The average Bonchev–Trinajstić information content (AvgIpc) is 2.70. The summed E-state index contributed by atoms with van der Waals surface area (Å²) in [5.74, 6) is 0.914. The standard InChI is InChI=1S/C18H25N3/c1-21(2)10-9-20-18(13-19)16-7-8-17(18)12-15-6-4-3-5-14(15)11-16/h3-6,16-17,20H,7-12H2,1-2H3. The normalized spacial score (nSPS) is 30.8. The van der Waals surface area contributed by atoms with E-state index in [0.29, 0.717) is 11.8 Å². The minimum absolute atomic E-state index is 0.324. The molecule has 3 rings (SSSR count). The molecule has 0 spiro atoms. The highest BCUT2D eigenvalue weighted by Gasteiger charge is 2.51. The fourth-order valence-corrected chi connectivity index (χ4v) is 4.20. The largest absolute Gasteiger partial charge is 0.308 e. The van der Waals surface area contributed by atoms with E-state index in [-0.39, 0.29) is 5.54 Å². The highest BCUT2D eigenvalue weighted by atomic mass is 15.1. The van der Waals surface area contributed by atoms with E-state index in [9.17, 15) is 5.26 Å². The molecule has 1 fully saturated rings. The predicted molar refractivity (Wildman–Crippen MR) is 85.0 cm³/mol. The molecule has 1 N–H and O–H groups in total. The first-order valence-electron chi connectivity index (χ1n) is 8.03. The second-order valence-electron chi connectivity index (χ2n) is 6.86. The molecule has 2 bridgehead atoms. The van der Waals surface area contributed by atoms with Gasteiger partial charge < -0.3 is 4.90 Å². The number of likely N-dealkylation sites (N-methyl/N-ethyl adjacent to an activating group) is 1. The maximum atomic E-state index is 9.97. The van der Waals surface area contributed by atoms with Crippen molar-refractivity contribution in [3.63, 3.8) is 0 Å². The van der Waals surface area contributed by atoms with E-state index < -0.39 is 0 Å². The van der Waals surface area contributed by atoms with Gasteiger partial charge in [-0.2, -0.15) is 5.26 Å². The summed E-state index contributed by atoms with van der Waals surface area (Å²) in [5.41, 5.74) is 2.59. The lowest BCUT2D eigenvalue weighted by atomic mass is 9.80. The van der Waals surface area contributed by atoms with Crippen molar-refractivity contribution >= 4 is 0 Å². The van der Waals surface area contributed by atoms with Crippen LogP contribution in [0.2, 0.25) is 0 Å². The van der Waals surface area contributed by atoms with Crippen LogP contribution in [-0.2, 0) is 12.8 Å². The van der Waals surface area contributed by atoms with Gasteiger partial charge in [-0.15, -0.1) is 0 Å². The van der Waals surface area contributed by atoms with E-state index in [1.54, 1.807) is 0 Å². The number of rotatable bonds is 4. The van der Waals surface area contributed by atoms with E-state index in [1.165, 1.54) is 24.0 Å². The summed E-state index contributed by atoms with van der Waals surface area (Å²) >= 11 is 0. The zero-order valence-electron chi connectivity index (χ0n) is 13.1. The topological polar surface area (TPSA) is 39.1 Å². The SMILES string of the molecule is CN(C)CCNC1(C#N)C2CCC1Cc1ccccc1C2. The van der Waals surface area contributed by atoms with Gasteiger partial charge in [-0.25, -0.2) is 0 Å². The first-order chi connectivity index (χ1) is 10.2. The smallest absolute Gasteiger partial charge is 0.113 e. The number of nitriles is 1. The van der Waals surface area contributed by atoms with Crippen molar-refractivity contribution in [3.05, 3.63) is 35.4 Å². The van der Waals surface area contributed by atoms with Crippen LogP contribution in [0.25, 0.3) is 0 Å². The monoisotopic (exact) mass is 283 g/mol.